The molecule has 0 aliphatic carbocycles. The van der Waals surface area contributed by atoms with Gasteiger partial charge in [0.25, 0.3) is 11.8 Å². The van der Waals surface area contributed by atoms with Gasteiger partial charge in [0.1, 0.15) is 0 Å². The van der Waals surface area contributed by atoms with Gasteiger partial charge in [0, 0.05) is 22.2 Å². The van der Waals surface area contributed by atoms with Gasteiger partial charge in [-0.15, -0.1) is 11.3 Å². The van der Waals surface area contributed by atoms with E-state index < -0.39 is 0 Å². The van der Waals surface area contributed by atoms with Gasteiger partial charge in [0.2, 0.25) is 0 Å². The maximum absolute atomic E-state index is 12.2. The van der Waals surface area contributed by atoms with Gasteiger partial charge >= 0.3 is 0 Å². The van der Waals surface area contributed by atoms with Crippen molar-refractivity contribution in [2.24, 2.45) is 0 Å². The third-order valence-corrected chi connectivity index (χ3v) is 5.28. The molecule has 0 bridgehead atoms. The number of halogens is 1. The van der Waals surface area contributed by atoms with Gasteiger partial charge < -0.3 is 4.98 Å². The Morgan fingerprint density at radius 3 is 2.52 bits per heavy atom. The number of fused-ring (bicyclic) bond motifs is 1. The van der Waals surface area contributed by atoms with Crippen LogP contribution in [0.1, 0.15) is 31.3 Å². The van der Waals surface area contributed by atoms with E-state index >= 15 is 0 Å². The lowest BCUT2D eigenvalue weighted by atomic mass is 10.1. The molecule has 0 atom stereocenters. The Bertz CT molecular complexity index is 913. The molecule has 0 aliphatic heterocycles. The van der Waals surface area contributed by atoms with Crippen molar-refractivity contribution in [2.75, 3.05) is 0 Å². The number of nitrogens with one attached hydrogen (secondary N) is 3. The second kappa shape index (κ2) is 6.17. The second-order valence-corrected chi connectivity index (χ2v) is 7.61. The minimum absolute atomic E-state index is 0.344. The Morgan fingerprint density at radius 1 is 1.09 bits per heavy atom. The minimum atomic E-state index is -0.353. The molecule has 3 aromatic rings. The van der Waals surface area contributed by atoms with E-state index in [1.807, 2.05) is 26.0 Å². The summed E-state index contributed by atoms with van der Waals surface area (Å²) in [5, 5.41) is 1.00. The monoisotopic (exact) mass is 391 g/mol. The zero-order chi connectivity index (χ0) is 16.6. The van der Waals surface area contributed by atoms with E-state index in [0.717, 1.165) is 25.9 Å². The number of rotatable bonds is 2. The number of amides is 2. The molecule has 0 aliphatic rings. The average Bonchev–Trinajstić information content (AvgIpc) is 3.09. The van der Waals surface area contributed by atoms with Crippen LogP contribution in [0.3, 0.4) is 0 Å². The van der Waals surface area contributed by atoms with Crippen molar-refractivity contribution in [3.63, 3.8) is 0 Å². The summed E-state index contributed by atoms with van der Waals surface area (Å²) < 4.78 is 0.859. The number of benzene rings is 1. The van der Waals surface area contributed by atoms with Gasteiger partial charge in [-0.05, 0) is 65.7 Å². The van der Waals surface area contributed by atoms with E-state index in [0.29, 0.717) is 10.4 Å². The largest absolute Gasteiger partial charge is 0.358 e. The quantitative estimate of drug-likeness (QED) is 0.582. The van der Waals surface area contributed by atoms with Crippen LogP contribution < -0.4 is 10.9 Å². The molecule has 2 heterocycles. The molecular weight excluding hydrogens is 378 g/mol. The maximum atomic E-state index is 12.2. The van der Waals surface area contributed by atoms with Crippen LogP contribution >= 0.6 is 27.3 Å². The summed E-state index contributed by atoms with van der Waals surface area (Å²) in [4.78, 5) is 27.9. The highest BCUT2D eigenvalue weighted by Crippen LogP contribution is 2.23. The first-order valence-corrected chi connectivity index (χ1v) is 8.51. The molecule has 2 aromatic heterocycles. The van der Waals surface area contributed by atoms with Gasteiger partial charge in [-0.25, -0.2) is 0 Å². The maximum Gasteiger partial charge on any atom is 0.279 e. The van der Waals surface area contributed by atoms with Crippen molar-refractivity contribution in [3.05, 3.63) is 55.8 Å². The Labute approximate surface area is 145 Å². The Hall–Kier alpha value is -2.12. The van der Waals surface area contributed by atoms with Crippen molar-refractivity contribution in [1.82, 2.24) is 15.8 Å². The summed E-state index contributed by atoms with van der Waals surface area (Å²) in [6, 6.07) is 8.88. The molecule has 5 nitrogen and oxygen atoms in total. The number of aromatic nitrogens is 1. The van der Waals surface area contributed by atoms with Crippen LogP contribution in [0.2, 0.25) is 0 Å². The molecule has 0 saturated carbocycles. The summed E-state index contributed by atoms with van der Waals surface area (Å²) in [7, 11) is 0. The molecule has 2 amide bonds. The van der Waals surface area contributed by atoms with Gasteiger partial charge in [-0.1, -0.05) is 0 Å². The van der Waals surface area contributed by atoms with Gasteiger partial charge in [-0.2, -0.15) is 0 Å². The number of hydrogen-bond acceptors (Lipinski definition) is 3. The number of hydrazine groups is 1. The van der Waals surface area contributed by atoms with Gasteiger partial charge in [0.15, 0.2) is 0 Å². The molecule has 1 aromatic carbocycles. The smallest absolute Gasteiger partial charge is 0.279 e. The van der Waals surface area contributed by atoms with Crippen molar-refractivity contribution < 1.29 is 9.59 Å². The van der Waals surface area contributed by atoms with E-state index in [1.54, 1.807) is 18.2 Å². The zero-order valence-electron chi connectivity index (χ0n) is 12.5. The zero-order valence-corrected chi connectivity index (χ0v) is 14.9. The van der Waals surface area contributed by atoms with E-state index in [-0.39, 0.29) is 11.8 Å². The molecule has 7 heteroatoms. The molecule has 3 N–H and O–H groups in total. The number of carbonyl (C=O) groups excluding carboxylic acids is 2. The lowest BCUT2D eigenvalue weighted by Crippen LogP contribution is -2.41. The number of hydrogen-bond donors (Lipinski definition) is 3. The predicted molar refractivity (Wildman–Crippen MR) is 94.7 cm³/mol. The summed E-state index contributed by atoms with van der Waals surface area (Å²) in [5.41, 5.74) is 8.54. The Morgan fingerprint density at radius 2 is 1.83 bits per heavy atom. The first-order chi connectivity index (χ1) is 11.0. The standard InChI is InChI=1S/C16H14BrN3O2S/c1-8-9(2)18-12-4-3-10(7-11(8)12)15(21)19-20-16(22)13-5-6-14(17)23-13/h3-7,18H,1-2H3,(H,19,21)(H,20,22). The van der Waals surface area contributed by atoms with E-state index in [1.165, 1.54) is 11.3 Å². The van der Waals surface area contributed by atoms with Crippen LogP contribution in [0.5, 0.6) is 0 Å². The fraction of sp³-hybridized carbons (Fsp3) is 0.125. The number of carbonyl (C=O) groups is 2. The highest BCUT2D eigenvalue weighted by molar-refractivity contribution is 9.11. The minimum Gasteiger partial charge on any atom is -0.358 e. The average molecular weight is 392 g/mol. The number of aryl methyl sites for hydroxylation is 2. The third kappa shape index (κ3) is 3.16. The predicted octanol–water partition coefficient (Wildman–Crippen LogP) is 3.68. The second-order valence-electron chi connectivity index (χ2n) is 5.15. The van der Waals surface area contributed by atoms with Crippen molar-refractivity contribution >= 4 is 50.0 Å². The molecule has 118 valence electrons. The molecule has 3 rings (SSSR count). The number of H-pyrrole nitrogens is 1. The molecular formula is C16H14BrN3O2S. The Balaban J connectivity index is 1.73. The summed E-state index contributed by atoms with van der Waals surface area (Å²) in [6.45, 7) is 4.00. The molecule has 23 heavy (non-hydrogen) atoms. The number of thiophene rings is 1. The first-order valence-electron chi connectivity index (χ1n) is 6.90. The van der Waals surface area contributed by atoms with Crippen LogP contribution in [0.4, 0.5) is 0 Å². The highest BCUT2D eigenvalue weighted by atomic mass is 79.9. The van der Waals surface area contributed by atoms with Gasteiger partial charge in [-0.3, -0.25) is 20.4 Å². The highest BCUT2D eigenvalue weighted by Gasteiger charge is 2.12. The van der Waals surface area contributed by atoms with E-state index in [2.05, 4.69) is 31.8 Å². The SMILES string of the molecule is Cc1[nH]c2ccc(C(=O)NNC(=O)c3ccc(Br)s3)cc2c1C. The molecule has 0 saturated heterocycles. The van der Waals surface area contributed by atoms with Gasteiger partial charge in [0.05, 0.1) is 8.66 Å². The van der Waals surface area contributed by atoms with Crippen LogP contribution in [0.25, 0.3) is 10.9 Å². The Kier molecular flexibility index (Phi) is 4.23. The van der Waals surface area contributed by atoms with Crippen LogP contribution in [0, 0.1) is 13.8 Å². The lowest BCUT2D eigenvalue weighted by Gasteiger charge is -2.06. The normalized spacial score (nSPS) is 10.7. The molecule has 0 fully saturated rings. The fourth-order valence-electron chi connectivity index (χ4n) is 2.29. The van der Waals surface area contributed by atoms with Crippen molar-refractivity contribution in [1.29, 1.82) is 0 Å². The van der Waals surface area contributed by atoms with E-state index in [9.17, 15) is 9.59 Å². The van der Waals surface area contributed by atoms with E-state index in [4.69, 9.17) is 0 Å². The molecule has 0 unspecified atom stereocenters. The topological polar surface area (TPSA) is 74.0 Å². The summed E-state index contributed by atoms with van der Waals surface area (Å²) in [6.07, 6.45) is 0. The van der Waals surface area contributed by atoms with Crippen LogP contribution in [-0.4, -0.2) is 16.8 Å². The number of aromatic amines is 1. The van der Waals surface area contributed by atoms with Crippen LogP contribution in [0.15, 0.2) is 34.1 Å². The fourth-order valence-corrected chi connectivity index (χ4v) is 3.57. The first kappa shape index (κ1) is 15.8. The lowest BCUT2D eigenvalue weighted by molar-refractivity contribution is 0.0849. The third-order valence-electron chi connectivity index (χ3n) is 3.66. The van der Waals surface area contributed by atoms with Crippen LogP contribution in [-0.2, 0) is 0 Å². The van der Waals surface area contributed by atoms with Crippen molar-refractivity contribution in [2.45, 2.75) is 13.8 Å². The summed E-state index contributed by atoms with van der Waals surface area (Å²) in [5.74, 6) is -0.696. The molecule has 0 radical (unpaired) electrons. The molecule has 0 spiro atoms. The van der Waals surface area contributed by atoms with Crippen molar-refractivity contribution in [3.8, 4) is 0 Å². The summed E-state index contributed by atoms with van der Waals surface area (Å²) >= 11 is 4.60.